The first-order chi connectivity index (χ1) is 15.2. The molecule has 8 heteroatoms. The van der Waals surface area contributed by atoms with Gasteiger partial charge in [-0.05, 0) is 53.8 Å². The van der Waals surface area contributed by atoms with Crippen LogP contribution in [0.15, 0.2) is 42.5 Å². The summed E-state index contributed by atoms with van der Waals surface area (Å²) in [4.78, 5) is 51.5. The molecule has 3 N–H and O–H groups in total. The van der Waals surface area contributed by atoms with Crippen molar-refractivity contribution in [3.05, 3.63) is 69.7 Å². The number of primary amides is 1. The number of piperidine rings is 1. The van der Waals surface area contributed by atoms with Crippen molar-refractivity contribution in [2.45, 2.75) is 44.7 Å². The number of amides is 4. The number of imide groups is 1. The molecule has 7 nitrogen and oxygen atoms in total. The van der Waals surface area contributed by atoms with Crippen molar-refractivity contribution in [1.29, 1.82) is 0 Å². The Balaban J connectivity index is 1.89. The Morgan fingerprint density at radius 3 is 2.41 bits per heavy atom. The molecule has 0 aromatic heterocycles. The number of halogens is 1. The SMILES string of the molecule is CC(C)[C@@H](c1ccc(Cl)cc1)C1c2cc(C(N)=O)ccc2C(=O)N1C1CCC(=O)NC1=O. The van der Waals surface area contributed by atoms with Crippen LogP contribution < -0.4 is 11.1 Å². The van der Waals surface area contributed by atoms with Gasteiger partial charge in [-0.1, -0.05) is 37.6 Å². The minimum absolute atomic E-state index is 0.0768. The van der Waals surface area contributed by atoms with Crippen molar-refractivity contribution in [2.24, 2.45) is 11.7 Å². The molecular formula is C24H24ClN3O4. The lowest BCUT2D eigenvalue weighted by molar-refractivity contribution is -0.137. The summed E-state index contributed by atoms with van der Waals surface area (Å²) in [7, 11) is 0. The predicted octanol–water partition coefficient (Wildman–Crippen LogP) is 3.18. The molecule has 0 radical (unpaired) electrons. The number of hydrogen-bond donors (Lipinski definition) is 2. The molecule has 4 amide bonds. The fourth-order valence-electron chi connectivity index (χ4n) is 4.84. The summed E-state index contributed by atoms with van der Waals surface area (Å²) in [5.74, 6) is -1.83. The van der Waals surface area contributed by atoms with E-state index in [1.165, 1.54) is 6.07 Å². The predicted molar refractivity (Wildman–Crippen MR) is 119 cm³/mol. The lowest BCUT2D eigenvalue weighted by Gasteiger charge is -2.40. The highest BCUT2D eigenvalue weighted by molar-refractivity contribution is 6.30. The lowest BCUT2D eigenvalue weighted by Crippen LogP contribution is -2.54. The maximum absolute atomic E-state index is 13.6. The molecular weight excluding hydrogens is 430 g/mol. The molecule has 2 aliphatic rings. The summed E-state index contributed by atoms with van der Waals surface area (Å²) in [6.07, 6.45) is 0.401. The van der Waals surface area contributed by atoms with Gasteiger partial charge in [-0.15, -0.1) is 0 Å². The molecule has 3 atom stereocenters. The molecule has 1 fully saturated rings. The van der Waals surface area contributed by atoms with E-state index in [1.807, 2.05) is 26.0 Å². The van der Waals surface area contributed by atoms with E-state index in [1.54, 1.807) is 29.2 Å². The summed E-state index contributed by atoms with van der Waals surface area (Å²) in [5, 5.41) is 2.95. The van der Waals surface area contributed by atoms with E-state index >= 15 is 0 Å². The van der Waals surface area contributed by atoms with Crippen molar-refractivity contribution in [3.8, 4) is 0 Å². The van der Waals surface area contributed by atoms with Crippen molar-refractivity contribution in [2.75, 3.05) is 0 Å². The smallest absolute Gasteiger partial charge is 0.255 e. The van der Waals surface area contributed by atoms with Gasteiger partial charge in [0.15, 0.2) is 0 Å². The molecule has 166 valence electrons. The zero-order valence-corrected chi connectivity index (χ0v) is 18.6. The summed E-state index contributed by atoms with van der Waals surface area (Å²) in [5.41, 5.74) is 7.86. The number of nitrogens with one attached hydrogen (secondary N) is 1. The van der Waals surface area contributed by atoms with Gasteiger partial charge in [-0.25, -0.2) is 0 Å². The van der Waals surface area contributed by atoms with Gasteiger partial charge in [0.25, 0.3) is 5.91 Å². The van der Waals surface area contributed by atoms with Crippen molar-refractivity contribution in [3.63, 3.8) is 0 Å². The number of carbonyl (C=O) groups excluding carboxylic acids is 4. The van der Waals surface area contributed by atoms with Crippen molar-refractivity contribution >= 4 is 35.2 Å². The van der Waals surface area contributed by atoms with Crippen LogP contribution in [0.1, 0.15) is 70.5 Å². The largest absolute Gasteiger partial charge is 0.366 e. The van der Waals surface area contributed by atoms with Crippen LogP contribution in [0, 0.1) is 5.92 Å². The first-order valence-electron chi connectivity index (χ1n) is 10.5. The van der Waals surface area contributed by atoms with Crippen molar-refractivity contribution < 1.29 is 19.2 Å². The van der Waals surface area contributed by atoms with Crippen LogP contribution in [-0.4, -0.2) is 34.6 Å². The average Bonchev–Trinajstić information content (AvgIpc) is 3.01. The highest BCUT2D eigenvalue weighted by Crippen LogP contribution is 2.48. The van der Waals surface area contributed by atoms with Gasteiger partial charge in [-0.3, -0.25) is 24.5 Å². The van der Waals surface area contributed by atoms with E-state index in [4.69, 9.17) is 17.3 Å². The van der Waals surface area contributed by atoms with Gasteiger partial charge in [0.2, 0.25) is 17.7 Å². The second kappa shape index (κ2) is 8.39. The number of benzene rings is 2. The number of fused-ring (bicyclic) bond motifs is 1. The molecule has 32 heavy (non-hydrogen) atoms. The number of hydrogen-bond acceptors (Lipinski definition) is 4. The van der Waals surface area contributed by atoms with Gasteiger partial charge in [0, 0.05) is 28.5 Å². The van der Waals surface area contributed by atoms with E-state index in [2.05, 4.69) is 5.32 Å². The van der Waals surface area contributed by atoms with E-state index in [-0.39, 0.29) is 36.5 Å². The van der Waals surface area contributed by atoms with Crippen LogP contribution in [-0.2, 0) is 9.59 Å². The Morgan fingerprint density at radius 2 is 1.81 bits per heavy atom. The third-order valence-corrected chi connectivity index (χ3v) is 6.53. The molecule has 0 saturated carbocycles. The first kappa shape index (κ1) is 22.0. The van der Waals surface area contributed by atoms with Crippen LogP contribution in [0.4, 0.5) is 0 Å². The van der Waals surface area contributed by atoms with Gasteiger partial charge < -0.3 is 10.6 Å². The molecule has 0 spiro atoms. The minimum Gasteiger partial charge on any atom is -0.366 e. The van der Waals surface area contributed by atoms with Crippen LogP contribution in [0.5, 0.6) is 0 Å². The first-order valence-corrected chi connectivity index (χ1v) is 10.9. The van der Waals surface area contributed by atoms with Crippen LogP contribution in [0.25, 0.3) is 0 Å². The maximum Gasteiger partial charge on any atom is 0.255 e. The molecule has 0 bridgehead atoms. The van der Waals surface area contributed by atoms with Gasteiger partial charge in [0.1, 0.15) is 6.04 Å². The van der Waals surface area contributed by atoms with Gasteiger partial charge in [0.05, 0.1) is 6.04 Å². The monoisotopic (exact) mass is 453 g/mol. The molecule has 2 aromatic carbocycles. The fourth-order valence-corrected chi connectivity index (χ4v) is 4.96. The molecule has 2 aromatic rings. The highest BCUT2D eigenvalue weighted by atomic mass is 35.5. The molecule has 1 saturated heterocycles. The Bertz CT molecular complexity index is 1110. The quantitative estimate of drug-likeness (QED) is 0.677. The number of carbonyl (C=O) groups is 4. The van der Waals surface area contributed by atoms with Gasteiger partial charge >= 0.3 is 0 Å². The Hall–Kier alpha value is -3.19. The highest BCUT2D eigenvalue weighted by Gasteiger charge is 2.48. The summed E-state index contributed by atoms with van der Waals surface area (Å²) >= 11 is 6.10. The lowest BCUT2D eigenvalue weighted by atomic mass is 9.78. The summed E-state index contributed by atoms with van der Waals surface area (Å²) in [6, 6.07) is 10.9. The number of nitrogens with zero attached hydrogens (tertiary/aromatic N) is 1. The van der Waals surface area contributed by atoms with Crippen LogP contribution >= 0.6 is 11.6 Å². The fraction of sp³-hybridized carbons (Fsp3) is 0.333. The normalized spacial score (nSPS) is 21.5. The standard InChI is InChI=1S/C24H24ClN3O4/c1-12(2)20(13-3-6-15(25)7-4-13)21-17-11-14(22(26)30)5-8-16(17)24(32)28(21)18-9-10-19(29)27-23(18)31/h3-8,11-12,18,20-21H,9-10H2,1-2H3,(H2,26,30)(H,27,29,31)/t18?,20-,21?/m0/s1. The van der Waals surface area contributed by atoms with E-state index < -0.39 is 23.9 Å². The summed E-state index contributed by atoms with van der Waals surface area (Å²) < 4.78 is 0. The minimum atomic E-state index is -0.789. The van der Waals surface area contributed by atoms with Crippen LogP contribution in [0.2, 0.25) is 5.02 Å². The summed E-state index contributed by atoms with van der Waals surface area (Å²) in [6.45, 7) is 4.09. The molecule has 2 aliphatic heterocycles. The Kier molecular flexibility index (Phi) is 5.77. The molecule has 0 aliphatic carbocycles. The Labute approximate surface area is 190 Å². The van der Waals surface area contributed by atoms with Crippen LogP contribution in [0.3, 0.4) is 0 Å². The average molecular weight is 454 g/mol. The van der Waals surface area contributed by atoms with E-state index in [9.17, 15) is 19.2 Å². The third kappa shape index (κ3) is 3.77. The molecule has 2 unspecified atom stereocenters. The van der Waals surface area contributed by atoms with E-state index in [0.717, 1.165) is 5.56 Å². The maximum atomic E-state index is 13.6. The van der Waals surface area contributed by atoms with Crippen molar-refractivity contribution in [1.82, 2.24) is 10.2 Å². The zero-order chi connectivity index (χ0) is 23.2. The third-order valence-electron chi connectivity index (χ3n) is 6.28. The number of nitrogens with two attached hydrogens (primary N) is 1. The topological polar surface area (TPSA) is 110 Å². The van der Waals surface area contributed by atoms with Gasteiger partial charge in [-0.2, -0.15) is 0 Å². The Morgan fingerprint density at radius 1 is 1.12 bits per heavy atom. The second-order valence-electron chi connectivity index (χ2n) is 8.61. The zero-order valence-electron chi connectivity index (χ0n) is 17.8. The second-order valence-corrected chi connectivity index (χ2v) is 9.05. The molecule has 2 heterocycles. The number of rotatable bonds is 5. The molecule has 4 rings (SSSR count). The van der Waals surface area contributed by atoms with E-state index in [0.29, 0.717) is 21.7 Å².